The Morgan fingerprint density at radius 3 is 2.45 bits per heavy atom. The molecule has 160 valence electrons. The first-order valence-corrected chi connectivity index (χ1v) is 9.33. The van der Waals surface area contributed by atoms with Crippen LogP contribution in [0.3, 0.4) is 0 Å². The van der Waals surface area contributed by atoms with Crippen molar-refractivity contribution in [3.05, 3.63) is 39.3 Å². The Bertz CT molecular complexity index is 918. The molecule has 0 aliphatic carbocycles. The average molecular weight is 478 g/mol. The Labute approximate surface area is 178 Å². The number of halogens is 7. The van der Waals surface area contributed by atoms with Crippen molar-refractivity contribution in [3.8, 4) is 11.3 Å². The maximum absolute atomic E-state index is 14.4. The largest absolute Gasteiger partial charge is 0.455 e. The number of nitrogens with zero attached hydrogens (tertiary/aromatic N) is 2. The Balaban J connectivity index is 2.47. The number of benzene rings is 1. The minimum absolute atomic E-state index is 0.275. The van der Waals surface area contributed by atoms with Crippen molar-refractivity contribution in [2.45, 2.75) is 31.7 Å². The Hall–Kier alpha value is -1.55. The lowest BCUT2D eigenvalue weighted by Crippen LogP contribution is -2.27. The van der Waals surface area contributed by atoms with Crippen LogP contribution in [0.4, 0.5) is 17.6 Å². The molecule has 0 fully saturated rings. The van der Waals surface area contributed by atoms with E-state index in [9.17, 15) is 22.4 Å². The van der Waals surface area contributed by atoms with Crippen LogP contribution in [0, 0.1) is 5.82 Å². The van der Waals surface area contributed by atoms with Crippen molar-refractivity contribution in [2.24, 2.45) is 7.05 Å². The summed E-state index contributed by atoms with van der Waals surface area (Å²) in [6, 6.07) is 1.68. The first kappa shape index (κ1) is 23.7. The summed E-state index contributed by atoms with van der Waals surface area (Å²) in [6.45, 7) is 3.44. The summed E-state index contributed by atoms with van der Waals surface area (Å²) in [4.78, 5) is 12.4. The highest BCUT2D eigenvalue weighted by atomic mass is 35.5. The van der Waals surface area contributed by atoms with E-state index in [4.69, 9.17) is 44.3 Å². The van der Waals surface area contributed by atoms with E-state index in [2.05, 4.69) is 5.10 Å². The van der Waals surface area contributed by atoms with Crippen LogP contribution in [-0.4, -0.2) is 34.0 Å². The van der Waals surface area contributed by atoms with Gasteiger partial charge in [0.1, 0.15) is 17.6 Å². The maximum Gasteiger partial charge on any atom is 0.434 e. The van der Waals surface area contributed by atoms with Crippen LogP contribution in [0.1, 0.15) is 29.9 Å². The third-order valence-electron chi connectivity index (χ3n) is 3.78. The summed E-state index contributed by atoms with van der Waals surface area (Å²) in [5.74, 6) is -1.99. The molecule has 0 amide bonds. The summed E-state index contributed by atoms with van der Waals surface area (Å²) >= 11 is 17.6. The third kappa shape index (κ3) is 5.14. The molecule has 0 saturated heterocycles. The molecule has 1 heterocycles. The van der Waals surface area contributed by atoms with Gasteiger partial charge in [0.05, 0.1) is 15.6 Å². The quantitative estimate of drug-likeness (QED) is 0.304. The number of alkyl halides is 4. The minimum Gasteiger partial charge on any atom is -0.455 e. The molecule has 0 radical (unpaired) electrons. The standard InChI is InChI=1S/C17H15Cl3F4N2O3/c1-4-28-15(20)7(2)29-16(27)8-5-9(11(21)6-10(8)18)13-12(19)14(17(22,23)24)26(3)25-13/h5-7,15H,4H2,1-3H3. The van der Waals surface area contributed by atoms with Crippen LogP contribution >= 0.6 is 34.8 Å². The predicted octanol–water partition coefficient (Wildman–Crippen LogP) is 5.70. The van der Waals surface area contributed by atoms with Gasteiger partial charge in [-0.25, -0.2) is 9.18 Å². The summed E-state index contributed by atoms with van der Waals surface area (Å²) in [7, 11) is 1.01. The second kappa shape index (κ2) is 9.07. The van der Waals surface area contributed by atoms with Gasteiger partial charge in [-0.1, -0.05) is 34.8 Å². The number of aryl methyl sites for hydroxylation is 1. The van der Waals surface area contributed by atoms with Crippen LogP contribution in [0.5, 0.6) is 0 Å². The molecule has 29 heavy (non-hydrogen) atoms. The Kier molecular flexibility index (Phi) is 7.42. The Morgan fingerprint density at radius 2 is 1.93 bits per heavy atom. The van der Waals surface area contributed by atoms with E-state index in [1.807, 2.05) is 0 Å². The molecule has 2 atom stereocenters. The molecule has 0 bridgehead atoms. The Morgan fingerprint density at radius 1 is 1.31 bits per heavy atom. The van der Waals surface area contributed by atoms with Gasteiger partial charge < -0.3 is 9.47 Å². The average Bonchev–Trinajstić information content (AvgIpc) is 2.89. The topological polar surface area (TPSA) is 53.4 Å². The highest BCUT2D eigenvalue weighted by Gasteiger charge is 2.39. The number of aromatic nitrogens is 2. The fraction of sp³-hybridized carbons (Fsp3) is 0.412. The van der Waals surface area contributed by atoms with Gasteiger partial charge in [-0.3, -0.25) is 4.68 Å². The van der Waals surface area contributed by atoms with Gasteiger partial charge in [0.15, 0.2) is 11.3 Å². The molecule has 2 unspecified atom stereocenters. The van der Waals surface area contributed by atoms with Crippen LogP contribution < -0.4 is 0 Å². The predicted molar refractivity (Wildman–Crippen MR) is 99.8 cm³/mol. The van der Waals surface area contributed by atoms with Gasteiger partial charge in [0.25, 0.3) is 0 Å². The first-order valence-electron chi connectivity index (χ1n) is 8.14. The van der Waals surface area contributed by atoms with Crippen molar-refractivity contribution in [1.29, 1.82) is 0 Å². The van der Waals surface area contributed by atoms with E-state index in [0.717, 1.165) is 19.2 Å². The van der Waals surface area contributed by atoms with Gasteiger partial charge in [-0.2, -0.15) is 18.3 Å². The summed E-state index contributed by atoms with van der Waals surface area (Å²) in [5, 5.41) is 2.51. The number of hydrogen-bond acceptors (Lipinski definition) is 4. The van der Waals surface area contributed by atoms with Gasteiger partial charge in [-0.15, -0.1) is 0 Å². The fourth-order valence-electron chi connectivity index (χ4n) is 2.45. The zero-order chi connectivity index (χ0) is 22.1. The van der Waals surface area contributed by atoms with E-state index in [-0.39, 0.29) is 17.2 Å². The molecule has 1 aromatic carbocycles. The molecule has 0 saturated carbocycles. The second-order valence-corrected chi connectivity index (χ2v) is 7.08. The summed E-state index contributed by atoms with van der Waals surface area (Å²) in [6.07, 6.45) is -5.70. The van der Waals surface area contributed by atoms with Gasteiger partial charge in [0, 0.05) is 19.2 Å². The number of carbonyl (C=O) groups is 1. The highest BCUT2D eigenvalue weighted by Crippen LogP contribution is 2.41. The molecule has 0 spiro atoms. The van der Waals surface area contributed by atoms with E-state index in [0.29, 0.717) is 4.68 Å². The zero-order valence-corrected chi connectivity index (χ0v) is 17.5. The van der Waals surface area contributed by atoms with E-state index < -0.39 is 51.6 Å². The minimum atomic E-state index is -4.81. The number of ether oxygens (including phenoxy) is 2. The molecular weight excluding hydrogens is 463 g/mol. The molecule has 2 rings (SSSR count). The lowest BCUT2D eigenvalue weighted by atomic mass is 10.1. The molecule has 12 heteroatoms. The number of hydrogen-bond donors (Lipinski definition) is 0. The maximum atomic E-state index is 14.4. The summed E-state index contributed by atoms with van der Waals surface area (Å²) in [5.41, 5.74) is -3.45. The number of carbonyl (C=O) groups excluding carboxylic acids is 1. The van der Waals surface area contributed by atoms with Crippen molar-refractivity contribution in [2.75, 3.05) is 6.61 Å². The molecule has 1 aromatic heterocycles. The van der Waals surface area contributed by atoms with Gasteiger partial charge >= 0.3 is 12.1 Å². The lowest BCUT2D eigenvalue weighted by Gasteiger charge is -2.19. The van der Waals surface area contributed by atoms with Crippen LogP contribution in [0.15, 0.2) is 12.1 Å². The van der Waals surface area contributed by atoms with Gasteiger partial charge in [-0.05, 0) is 26.0 Å². The summed E-state index contributed by atoms with van der Waals surface area (Å²) < 4.78 is 64.5. The third-order valence-corrected chi connectivity index (χ3v) is 4.93. The molecule has 0 N–H and O–H groups in total. The van der Waals surface area contributed by atoms with Crippen molar-refractivity contribution in [1.82, 2.24) is 9.78 Å². The van der Waals surface area contributed by atoms with Crippen LogP contribution in [-0.2, 0) is 22.7 Å². The monoisotopic (exact) mass is 476 g/mol. The molecule has 0 aliphatic rings. The number of rotatable bonds is 6. The lowest BCUT2D eigenvalue weighted by molar-refractivity contribution is -0.143. The first-order chi connectivity index (χ1) is 13.4. The van der Waals surface area contributed by atoms with E-state index in [1.165, 1.54) is 6.92 Å². The van der Waals surface area contributed by atoms with Gasteiger partial charge in [0.2, 0.25) is 0 Å². The SMILES string of the molecule is CCOC(Cl)C(C)OC(=O)c1cc(-c2nn(C)c(C(F)(F)F)c2Cl)c(F)cc1Cl. The zero-order valence-electron chi connectivity index (χ0n) is 15.3. The van der Waals surface area contributed by atoms with E-state index in [1.54, 1.807) is 6.92 Å². The van der Waals surface area contributed by atoms with Crippen molar-refractivity contribution in [3.63, 3.8) is 0 Å². The molecule has 5 nitrogen and oxygen atoms in total. The fourth-order valence-corrected chi connectivity index (χ4v) is 3.22. The van der Waals surface area contributed by atoms with E-state index >= 15 is 0 Å². The van der Waals surface area contributed by atoms with Crippen molar-refractivity contribution < 1.29 is 31.8 Å². The highest BCUT2D eigenvalue weighted by molar-refractivity contribution is 6.35. The molecule has 0 aliphatic heterocycles. The number of esters is 1. The second-order valence-electron chi connectivity index (χ2n) is 5.86. The molecular formula is C17H15Cl3F4N2O3. The van der Waals surface area contributed by atoms with Crippen molar-refractivity contribution >= 4 is 40.8 Å². The molecule has 2 aromatic rings. The smallest absolute Gasteiger partial charge is 0.434 e. The normalized spacial score (nSPS) is 14.0. The van der Waals surface area contributed by atoms with Crippen LogP contribution in [0.2, 0.25) is 10.0 Å². The van der Waals surface area contributed by atoms with Crippen LogP contribution in [0.25, 0.3) is 11.3 Å².